The van der Waals surface area contributed by atoms with Gasteiger partial charge in [0.1, 0.15) is 10.7 Å². The maximum Gasteiger partial charge on any atom is 0.312 e. The number of hydrogen-bond acceptors (Lipinski definition) is 6. The molecule has 1 aromatic heterocycles. The van der Waals surface area contributed by atoms with E-state index in [1.165, 1.54) is 16.4 Å². The molecule has 0 saturated carbocycles. The van der Waals surface area contributed by atoms with Gasteiger partial charge in [-0.1, -0.05) is 4.49 Å². The SMILES string of the molecule is CCN1CCN(Cc2nnsc2NC)C(=O)C1=O. The maximum atomic E-state index is 11.9. The van der Waals surface area contributed by atoms with Crippen LogP contribution in [-0.2, 0) is 16.1 Å². The van der Waals surface area contributed by atoms with Gasteiger partial charge in [-0.25, -0.2) is 0 Å². The third kappa shape index (κ3) is 2.28. The van der Waals surface area contributed by atoms with Gasteiger partial charge in [0.05, 0.1) is 6.54 Å². The van der Waals surface area contributed by atoms with Crippen LogP contribution < -0.4 is 5.32 Å². The van der Waals surface area contributed by atoms with Crippen molar-refractivity contribution in [3.05, 3.63) is 5.69 Å². The summed E-state index contributed by atoms with van der Waals surface area (Å²) in [6, 6.07) is 0. The third-order valence-corrected chi connectivity index (χ3v) is 3.69. The molecule has 98 valence electrons. The molecule has 2 heterocycles. The van der Waals surface area contributed by atoms with Gasteiger partial charge in [-0.05, 0) is 6.92 Å². The number of hydrogen-bond donors (Lipinski definition) is 1. The lowest BCUT2D eigenvalue weighted by molar-refractivity contribution is -0.156. The van der Waals surface area contributed by atoms with Crippen LogP contribution in [0.3, 0.4) is 0 Å². The molecule has 2 rings (SSSR count). The monoisotopic (exact) mass is 269 g/mol. The minimum absolute atomic E-state index is 0.328. The largest absolute Gasteiger partial charge is 0.377 e. The smallest absolute Gasteiger partial charge is 0.312 e. The van der Waals surface area contributed by atoms with Crippen molar-refractivity contribution in [1.82, 2.24) is 19.4 Å². The van der Waals surface area contributed by atoms with Gasteiger partial charge in [-0.15, -0.1) is 5.10 Å². The number of rotatable bonds is 4. The number of carbonyl (C=O) groups excluding carboxylic acids is 2. The van der Waals surface area contributed by atoms with Gasteiger partial charge in [0.25, 0.3) is 0 Å². The second kappa shape index (κ2) is 5.30. The highest BCUT2D eigenvalue weighted by Gasteiger charge is 2.32. The summed E-state index contributed by atoms with van der Waals surface area (Å²) in [4.78, 5) is 26.7. The fourth-order valence-corrected chi connectivity index (χ4v) is 2.37. The fraction of sp³-hybridized carbons (Fsp3) is 0.600. The summed E-state index contributed by atoms with van der Waals surface area (Å²) >= 11 is 1.24. The van der Waals surface area contributed by atoms with Crippen molar-refractivity contribution in [2.45, 2.75) is 13.5 Å². The highest BCUT2D eigenvalue weighted by Crippen LogP contribution is 2.19. The van der Waals surface area contributed by atoms with E-state index in [0.29, 0.717) is 31.9 Å². The van der Waals surface area contributed by atoms with Gasteiger partial charge in [0.2, 0.25) is 0 Å². The van der Waals surface area contributed by atoms with E-state index in [4.69, 9.17) is 0 Å². The number of anilines is 1. The summed E-state index contributed by atoms with van der Waals surface area (Å²) in [5.41, 5.74) is 0.702. The Morgan fingerprint density at radius 2 is 1.94 bits per heavy atom. The Labute approximate surface area is 109 Å². The van der Waals surface area contributed by atoms with Crippen LogP contribution in [-0.4, -0.2) is 57.9 Å². The average molecular weight is 269 g/mol. The van der Waals surface area contributed by atoms with Gasteiger partial charge in [0.15, 0.2) is 0 Å². The van der Waals surface area contributed by atoms with Crippen LogP contribution in [0.15, 0.2) is 0 Å². The zero-order valence-electron chi connectivity index (χ0n) is 10.3. The molecule has 1 aromatic rings. The minimum atomic E-state index is -0.460. The Hall–Kier alpha value is -1.70. The molecular formula is C10H15N5O2S. The fourth-order valence-electron chi connectivity index (χ4n) is 1.85. The Morgan fingerprint density at radius 1 is 1.28 bits per heavy atom. The Balaban J connectivity index is 2.07. The van der Waals surface area contributed by atoms with Gasteiger partial charge in [-0.2, -0.15) is 0 Å². The molecule has 1 aliphatic rings. The first-order valence-corrected chi connectivity index (χ1v) is 6.51. The van der Waals surface area contributed by atoms with Crippen LogP contribution in [0.4, 0.5) is 5.00 Å². The molecule has 18 heavy (non-hydrogen) atoms. The lowest BCUT2D eigenvalue weighted by atomic mass is 10.2. The highest BCUT2D eigenvalue weighted by atomic mass is 32.1. The molecule has 1 fully saturated rings. The summed E-state index contributed by atoms with van der Waals surface area (Å²) in [7, 11) is 1.78. The number of nitrogens with zero attached hydrogens (tertiary/aromatic N) is 4. The molecule has 0 radical (unpaired) electrons. The average Bonchev–Trinajstić information content (AvgIpc) is 2.82. The predicted molar refractivity (Wildman–Crippen MR) is 67.1 cm³/mol. The minimum Gasteiger partial charge on any atom is -0.377 e. The molecule has 2 amide bonds. The first kappa shape index (κ1) is 12.7. The summed E-state index contributed by atoms with van der Waals surface area (Å²) in [6.07, 6.45) is 0. The van der Waals surface area contributed by atoms with E-state index in [9.17, 15) is 9.59 Å². The van der Waals surface area contributed by atoms with Crippen molar-refractivity contribution in [2.24, 2.45) is 0 Å². The zero-order chi connectivity index (χ0) is 13.1. The molecule has 8 heteroatoms. The molecule has 0 bridgehead atoms. The zero-order valence-corrected chi connectivity index (χ0v) is 11.2. The van der Waals surface area contributed by atoms with Crippen LogP contribution in [0.25, 0.3) is 0 Å². The van der Waals surface area contributed by atoms with Crippen molar-refractivity contribution in [2.75, 3.05) is 32.0 Å². The summed E-state index contributed by atoms with van der Waals surface area (Å²) in [6.45, 7) is 3.88. The third-order valence-electron chi connectivity index (χ3n) is 2.90. The van der Waals surface area contributed by atoms with E-state index in [-0.39, 0.29) is 0 Å². The lowest BCUT2D eigenvalue weighted by Crippen LogP contribution is -2.53. The standard InChI is InChI=1S/C10H15N5O2S/c1-3-14-4-5-15(10(17)9(14)16)6-7-8(11-2)18-13-12-7/h11H,3-6H2,1-2H3. The Morgan fingerprint density at radius 3 is 2.61 bits per heavy atom. The van der Waals surface area contributed by atoms with Crippen LogP contribution in [0, 0.1) is 0 Å². The van der Waals surface area contributed by atoms with Crippen LogP contribution in [0.2, 0.25) is 0 Å². The Bertz CT molecular complexity index is 461. The van der Waals surface area contributed by atoms with E-state index in [1.807, 2.05) is 6.92 Å². The van der Waals surface area contributed by atoms with Crippen molar-refractivity contribution in [1.29, 1.82) is 0 Å². The van der Waals surface area contributed by atoms with Crippen LogP contribution in [0.5, 0.6) is 0 Å². The first-order valence-electron chi connectivity index (χ1n) is 5.74. The number of piperazine rings is 1. The summed E-state index contributed by atoms with van der Waals surface area (Å²) < 4.78 is 3.83. The molecule has 1 saturated heterocycles. The van der Waals surface area contributed by atoms with Crippen molar-refractivity contribution in [3.8, 4) is 0 Å². The molecule has 7 nitrogen and oxygen atoms in total. The molecule has 0 aliphatic carbocycles. The van der Waals surface area contributed by atoms with Gasteiger partial charge >= 0.3 is 11.8 Å². The molecular weight excluding hydrogens is 254 g/mol. The normalized spacial score (nSPS) is 16.3. The topological polar surface area (TPSA) is 78.4 Å². The van der Waals surface area contributed by atoms with Crippen molar-refractivity contribution >= 4 is 28.3 Å². The molecule has 0 aromatic carbocycles. The summed E-state index contributed by atoms with van der Waals surface area (Å²) in [5, 5.41) is 7.77. The van der Waals surface area contributed by atoms with Crippen molar-refractivity contribution < 1.29 is 9.59 Å². The maximum absolute atomic E-state index is 11.9. The van der Waals surface area contributed by atoms with E-state index in [2.05, 4.69) is 14.9 Å². The molecule has 0 unspecified atom stereocenters. The molecule has 1 N–H and O–H groups in total. The second-order valence-electron chi connectivity index (χ2n) is 3.91. The van der Waals surface area contributed by atoms with Gasteiger partial charge < -0.3 is 15.1 Å². The molecule has 0 spiro atoms. The predicted octanol–water partition coefficient (Wildman–Crippen LogP) is -0.230. The lowest BCUT2D eigenvalue weighted by Gasteiger charge is -2.32. The number of aromatic nitrogens is 2. The van der Waals surface area contributed by atoms with Gasteiger partial charge in [0, 0.05) is 38.2 Å². The second-order valence-corrected chi connectivity index (χ2v) is 4.66. The van der Waals surface area contributed by atoms with E-state index in [1.54, 1.807) is 11.9 Å². The highest BCUT2D eigenvalue weighted by molar-refractivity contribution is 7.10. The Kier molecular flexibility index (Phi) is 3.75. The molecule has 1 aliphatic heterocycles. The molecule has 0 atom stereocenters. The first-order chi connectivity index (χ1) is 8.67. The van der Waals surface area contributed by atoms with E-state index in [0.717, 1.165) is 5.00 Å². The quantitative estimate of drug-likeness (QED) is 0.764. The number of carbonyl (C=O) groups is 2. The van der Waals surface area contributed by atoms with Crippen LogP contribution in [0.1, 0.15) is 12.6 Å². The number of likely N-dealkylation sites (N-methyl/N-ethyl adjacent to an activating group) is 1. The summed E-state index contributed by atoms with van der Waals surface area (Å²) in [5.74, 6) is -0.893. The van der Waals surface area contributed by atoms with E-state index < -0.39 is 11.8 Å². The van der Waals surface area contributed by atoms with E-state index >= 15 is 0 Å². The van der Waals surface area contributed by atoms with Gasteiger partial charge in [-0.3, -0.25) is 9.59 Å². The van der Waals surface area contributed by atoms with Crippen LogP contribution >= 0.6 is 11.5 Å². The van der Waals surface area contributed by atoms with Crippen molar-refractivity contribution in [3.63, 3.8) is 0 Å². The number of amides is 2. The number of nitrogens with one attached hydrogen (secondary N) is 1.